The van der Waals surface area contributed by atoms with Gasteiger partial charge < -0.3 is 9.88 Å². The Morgan fingerprint density at radius 1 is 0.889 bits per heavy atom. The Morgan fingerprint density at radius 2 is 1.70 bits per heavy atom. The maximum absolute atomic E-state index is 13.4. The van der Waals surface area contributed by atoms with Crippen molar-refractivity contribution in [2.45, 2.75) is 6.54 Å². The Hall–Kier alpha value is -3.33. The van der Waals surface area contributed by atoms with Crippen LogP contribution in [0.3, 0.4) is 0 Å². The second-order valence-corrected chi connectivity index (χ2v) is 6.54. The van der Waals surface area contributed by atoms with Crippen molar-refractivity contribution < 1.29 is 4.39 Å². The van der Waals surface area contributed by atoms with Crippen molar-refractivity contribution >= 4 is 22.7 Å². The number of aromatic nitrogens is 1. The zero-order valence-corrected chi connectivity index (χ0v) is 15.0. The molecule has 0 unspecified atom stereocenters. The fourth-order valence-corrected chi connectivity index (χ4v) is 3.30. The first-order chi connectivity index (χ1) is 13.3. The lowest BCUT2D eigenvalue weighted by atomic mass is 10.1. The van der Waals surface area contributed by atoms with E-state index in [1.165, 1.54) is 22.7 Å². The maximum Gasteiger partial charge on any atom is 0.123 e. The van der Waals surface area contributed by atoms with Crippen molar-refractivity contribution in [1.29, 1.82) is 0 Å². The summed E-state index contributed by atoms with van der Waals surface area (Å²) in [7, 11) is 0. The average molecular weight is 356 g/mol. The smallest absolute Gasteiger partial charge is 0.123 e. The molecule has 1 N–H and O–H groups in total. The highest BCUT2D eigenvalue weighted by molar-refractivity contribution is 5.92. The van der Waals surface area contributed by atoms with Gasteiger partial charge in [0.2, 0.25) is 0 Å². The topological polar surface area (TPSA) is 19.0 Å². The Morgan fingerprint density at radius 3 is 2.56 bits per heavy atom. The summed E-state index contributed by atoms with van der Waals surface area (Å²) in [6.07, 6.45) is 6.11. The van der Waals surface area contributed by atoms with Crippen LogP contribution in [-0.2, 0) is 6.54 Å². The minimum Gasteiger partial charge on any atom is -0.362 e. The van der Waals surface area contributed by atoms with Gasteiger partial charge in [-0.05, 0) is 29.3 Å². The van der Waals surface area contributed by atoms with Crippen molar-refractivity contribution in [2.75, 3.05) is 11.4 Å². The van der Waals surface area contributed by atoms with Crippen LogP contribution in [0, 0.1) is 5.82 Å². The lowest BCUT2D eigenvalue weighted by molar-refractivity contribution is 0.627. The number of rotatable bonds is 6. The van der Waals surface area contributed by atoms with E-state index in [1.807, 2.05) is 24.3 Å². The molecule has 27 heavy (non-hydrogen) atoms. The van der Waals surface area contributed by atoms with Crippen LogP contribution in [0.5, 0.6) is 0 Å². The molecular formula is C24H21FN2. The van der Waals surface area contributed by atoms with E-state index in [9.17, 15) is 4.39 Å². The SMILES string of the molecule is Fc1cccc(/C=C/CN(Cc2ccccc2)c2c[nH]c3ccccc23)c1. The molecule has 0 radical (unpaired) electrons. The number of anilines is 1. The van der Waals surface area contributed by atoms with E-state index in [4.69, 9.17) is 0 Å². The number of benzene rings is 3. The summed E-state index contributed by atoms with van der Waals surface area (Å²) < 4.78 is 13.4. The molecule has 2 nitrogen and oxygen atoms in total. The van der Waals surface area contributed by atoms with E-state index in [0.717, 1.165) is 24.2 Å². The predicted octanol–water partition coefficient (Wildman–Crippen LogP) is 6.03. The number of hydrogen-bond acceptors (Lipinski definition) is 1. The molecule has 0 amide bonds. The van der Waals surface area contributed by atoms with Crippen LogP contribution in [0.15, 0.2) is 91.1 Å². The predicted molar refractivity (Wildman–Crippen MR) is 111 cm³/mol. The second kappa shape index (κ2) is 7.92. The second-order valence-electron chi connectivity index (χ2n) is 6.54. The number of hydrogen-bond donors (Lipinski definition) is 1. The van der Waals surface area contributed by atoms with Gasteiger partial charge in [0.1, 0.15) is 5.82 Å². The quantitative estimate of drug-likeness (QED) is 0.447. The molecule has 1 heterocycles. The van der Waals surface area contributed by atoms with E-state index in [2.05, 4.69) is 64.6 Å². The molecule has 0 fully saturated rings. The van der Waals surface area contributed by atoms with E-state index in [-0.39, 0.29) is 5.82 Å². The van der Waals surface area contributed by atoms with Crippen LogP contribution in [0.25, 0.3) is 17.0 Å². The summed E-state index contributed by atoms with van der Waals surface area (Å²) in [4.78, 5) is 5.68. The summed E-state index contributed by atoms with van der Waals surface area (Å²) in [6, 6.07) is 25.4. The number of halogens is 1. The minimum absolute atomic E-state index is 0.213. The zero-order chi connectivity index (χ0) is 18.5. The summed E-state index contributed by atoms with van der Waals surface area (Å²) in [5, 5.41) is 1.20. The Balaban J connectivity index is 1.61. The molecule has 0 saturated heterocycles. The molecule has 4 aromatic rings. The Kier molecular flexibility index (Phi) is 5.01. The third kappa shape index (κ3) is 4.09. The molecule has 3 aromatic carbocycles. The monoisotopic (exact) mass is 356 g/mol. The number of fused-ring (bicyclic) bond motifs is 1. The molecule has 0 bridgehead atoms. The van der Waals surface area contributed by atoms with Gasteiger partial charge in [-0.3, -0.25) is 0 Å². The molecular weight excluding hydrogens is 335 g/mol. The number of para-hydroxylation sites is 1. The fourth-order valence-electron chi connectivity index (χ4n) is 3.30. The van der Waals surface area contributed by atoms with Gasteiger partial charge >= 0.3 is 0 Å². The first kappa shape index (κ1) is 17.1. The third-order valence-corrected chi connectivity index (χ3v) is 4.61. The van der Waals surface area contributed by atoms with E-state index >= 15 is 0 Å². The lowest BCUT2D eigenvalue weighted by Crippen LogP contribution is -2.22. The van der Waals surface area contributed by atoms with Gasteiger partial charge in [0.05, 0.1) is 5.69 Å². The highest BCUT2D eigenvalue weighted by Crippen LogP contribution is 2.28. The summed E-state index contributed by atoms with van der Waals surface area (Å²) >= 11 is 0. The van der Waals surface area contributed by atoms with Crippen LogP contribution in [0.4, 0.5) is 10.1 Å². The van der Waals surface area contributed by atoms with Crippen LogP contribution < -0.4 is 4.90 Å². The van der Waals surface area contributed by atoms with Crippen molar-refractivity contribution in [3.63, 3.8) is 0 Å². The lowest BCUT2D eigenvalue weighted by Gasteiger charge is -2.23. The molecule has 0 spiro atoms. The van der Waals surface area contributed by atoms with Gasteiger partial charge in [0.25, 0.3) is 0 Å². The number of nitrogens with one attached hydrogen (secondary N) is 1. The van der Waals surface area contributed by atoms with Gasteiger partial charge in [-0.15, -0.1) is 0 Å². The Bertz CT molecular complexity index is 1050. The standard InChI is InChI=1S/C24H21FN2/c25-21-12-6-10-19(16-21)11-7-15-27(18-20-8-2-1-3-9-20)24-17-26-23-14-5-4-13-22(23)24/h1-14,16-17,26H,15,18H2/b11-7+. The molecule has 0 aliphatic carbocycles. The van der Waals surface area contributed by atoms with Gasteiger partial charge in [-0.2, -0.15) is 0 Å². The van der Waals surface area contributed by atoms with Crippen LogP contribution in [0.2, 0.25) is 0 Å². The van der Waals surface area contributed by atoms with Gasteiger partial charge in [0.15, 0.2) is 0 Å². The normalized spacial score (nSPS) is 11.3. The molecule has 1 aromatic heterocycles. The molecule has 3 heteroatoms. The van der Waals surface area contributed by atoms with Crippen molar-refractivity contribution in [3.05, 3.63) is 108 Å². The molecule has 4 rings (SSSR count). The Labute approximate surface area is 158 Å². The van der Waals surface area contributed by atoms with Crippen LogP contribution in [0.1, 0.15) is 11.1 Å². The summed E-state index contributed by atoms with van der Waals surface area (Å²) in [5.41, 5.74) is 4.41. The first-order valence-corrected chi connectivity index (χ1v) is 9.07. The molecule has 134 valence electrons. The highest BCUT2D eigenvalue weighted by atomic mass is 19.1. The van der Waals surface area contributed by atoms with Crippen molar-refractivity contribution in [2.24, 2.45) is 0 Å². The number of nitrogens with zero attached hydrogens (tertiary/aromatic N) is 1. The summed E-state index contributed by atoms with van der Waals surface area (Å²) in [5.74, 6) is -0.213. The van der Waals surface area contributed by atoms with E-state index in [0.29, 0.717) is 0 Å². The maximum atomic E-state index is 13.4. The average Bonchev–Trinajstić information content (AvgIpc) is 3.12. The van der Waals surface area contributed by atoms with Crippen molar-refractivity contribution in [1.82, 2.24) is 4.98 Å². The van der Waals surface area contributed by atoms with E-state index < -0.39 is 0 Å². The third-order valence-electron chi connectivity index (χ3n) is 4.61. The highest BCUT2D eigenvalue weighted by Gasteiger charge is 2.11. The molecule has 0 aliphatic rings. The molecule has 0 saturated carbocycles. The largest absolute Gasteiger partial charge is 0.362 e. The zero-order valence-electron chi connectivity index (χ0n) is 15.0. The van der Waals surface area contributed by atoms with Crippen LogP contribution >= 0.6 is 0 Å². The summed E-state index contributed by atoms with van der Waals surface area (Å²) in [6.45, 7) is 1.53. The number of H-pyrrole nitrogens is 1. The number of aromatic amines is 1. The van der Waals surface area contributed by atoms with Gasteiger partial charge in [0, 0.05) is 30.2 Å². The van der Waals surface area contributed by atoms with E-state index in [1.54, 1.807) is 12.1 Å². The van der Waals surface area contributed by atoms with Crippen molar-refractivity contribution in [3.8, 4) is 0 Å². The van der Waals surface area contributed by atoms with Gasteiger partial charge in [-0.25, -0.2) is 4.39 Å². The van der Waals surface area contributed by atoms with Gasteiger partial charge in [-0.1, -0.05) is 72.8 Å². The molecule has 0 aliphatic heterocycles. The molecule has 0 atom stereocenters. The van der Waals surface area contributed by atoms with Crippen LogP contribution in [-0.4, -0.2) is 11.5 Å². The first-order valence-electron chi connectivity index (χ1n) is 9.07. The fraction of sp³-hybridized carbons (Fsp3) is 0.0833. The minimum atomic E-state index is -0.213.